The average molecular weight is 360 g/mol. The van der Waals surface area contributed by atoms with Crippen LogP contribution in [0, 0.1) is 0 Å². The molecule has 0 aromatic rings. The van der Waals surface area contributed by atoms with Crippen LogP contribution in [0.4, 0.5) is 0 Å². The summed E-state index contributed by atoms with van der Waals surface area (Å²) < 4.78 is 36.2. The van der Waals surface area contributed by atoms with Crippen LogP contribution in [0.5, 0.6) is 0 Å². The van der Waals surface area contributed by atoms with Crippen molar-refractivity contribution in [3.63, 3.8) is 0 Å². The summed E-state index contributed by atoms with van der Waals surface area (Å²) in [5, 5.41) is 0. The van der Waals surface area contributed by atoms with E-state index < -0.39 is 18.1 Å². The van der Waals surface area contributed by atoms with Crippen molar-refractivity contribution in [3.8, 4) is 0 Å². The minimum absolute atomic E-state index is 0.0370. The number of hydrogen-bond donors (Lipinski definition) is 1. The summed E-state index contributed by atoms with van der Waals surface area (Å²) in [6, 6.07) is 0. The van der Waals surface area contributed by atoms with Gasteiger partial charge in [0.25, 0.3) is 0 Å². The molecule has 0 amide bonds. The van der Waals surface area contributed by atoms with Crippen LogP contribution in [0.25, 0.3) is 0 Å². The van der Waals surface area contributed by atoms with Gasteiger partial charge in [-0.1, -0.05) is 0 Å². The summed E-state index contributed by atoms with van der Waals surface area (Å²) in [5.41, 5.74) is 0. The standard InChI is InChI=1S/C6H14O2.3C3H7O.H2O.Ti/c1-4-7-6(3)8-5-2;3*1-3(2)4;;/h6H,4-5H2,1-3H3;3*3H,1-2H3;1H2;/q;3*-1;;+4/p-1. The molecule has 0 atom stereocenters. The third-order valence-corrected chi connectivity index (χ3v) is 5.56. The third kappa shape index (κ3) is 16.8. The fraction of sp³-hybridized carbons (Fsp3) is 1.00. The number of rotatable bonds is 10. The van der Waals surface area contributed by atoms with Gasteiger partial charge in [0, 0.05) is 13.2 Å². The van der Waals surface area contributed by atoms with Crippen LogP contribution in [0.2, 0.25) is 0 Å². The molecule has 0 fully saturated rings. The van der Waals surface area contributed by atoms with Gasteiger partial charge in [-0.2, -0.15) is 0 Å². The van der Waals surface area contributed by atoms with Crippen LogP contribution in [-0.2, 0) is 37.6 Å². The van der Waals surface area contributed by atoms with Crippen LogP contribution in [0.3, 0.4) is 0 Å². The van der Waals surface area contributed by atoms with Crippen molar-refractivity contribution in [2.45, 2.75) is 86.9 Å². The Morgan fingerprint density at radius 1 is 0.682 bits per heavy atom. The summed E-state index contributed by atoms with van der Waals surface area (Å²) in [6.45, 7) is 18.4. The van der Waals surface area contributed by atoms with Gasteiger partial charge >= 0.3 is 91.6 Å². The molecule has 0 bridgehead atoms. The smallest absolute Gasteiger partial charge is 0.154 e. The number of hydrogen-bond acceptors (Lipinski definition) is 6. The second-order valence-corrected chi connectivity index (χ2v) is 8.24. The first kappa shape index (κ1) is 24.7. The van der Waals surface area contributed by atoms with Gasteiger partial charge in [-0.15, -0.1) is 0 Å². The van der Waals surface area contributed by atoms with E-state index in [1.807, 2.05) is 62.3 Å². The van der Waals surface area contributed by atoms with E-state index in [2.05, 4.69) is 0 Å². The minimum atomic E-state index is -3.97. The van der Waals surface area contributed by atoms with E-state index in [-0.39, 0.29) is 24.6 Å². The summed E-state index contributed by atoms with van der Waals surface area (Å²) in [7, 11) is 0. The zero-order valence-electron chi connectivity index (χ0n) is 15.7. The van der Waals surface area contributed by atoms with E-state index in [1.54, 1.807) is 0 Å². The van der Waals surface area contributed by atoms with Crippen molar-refractivity contribution in [2.24, 2.45) is 0 Å². The van der Waals surface area contributed by atoms with Crippen LogP contribution < -0.4 is 0 Å². The minimum Gasteiger partial charge on any atom is -0.353 e. The molecule has 6 nitrogen and oxygen atoms in total. The first-order valence-corrected chi connectivity index (χ1v) is 10.7. The quantitative estimate of drug-likeness (QED) is 0.475. The Balaban J connectivity index is 0. The van der Waals surface area contributed by atoms with Crippen molar-refractivity contribution in [2.75, 3.05) is 13.2 Å². The topological polar surface area (TPSA) is 66.4 Å². The zero-order valence-corrected chi connectivity index (χ0v) is 17.3. The fourth-order valence-electron chi connectivity index (χ4n) is 1.49. The van der Waals surface area contributed by atoms with Crippen molar-refractivity contribution in [1.29, 1.82) is 0 Å². The Morgan fingerprint density at radius 3 is 1.14 bits per heavy atom. The molecular weight excluding hydrogens is 324 g/mol. The first-order chi connectivity index (χ1) is 10.1. The van der Waals surface area contributed by atoms with E-state index in [4.69, 9.17) is 19.4 Å². The molecule has 22 heavy (non-hydrogen) atoms. The Morgan fingerprint density at radius 2 is 0.955 bits per heavy atom. The molecule has 0 radical (unpaired) electrons. The van der Waals surface area contributed by atoms with Crippen LogP contribution in [0.15, 0.2) is 0 Å². The zero-order chi connectivity index (χ0) is 17.8. The molecule has 7 heteroatoms. The van der Waals surface area contributed by atoms with Crippen LogP contribution >= 0.6 is 0 Å². The van der Waals surface area contributed by atoms with Gasteiger partial charge < -0.3 is 9.47 Å². The molecule has 0 spiro atoms. The van der Waals surface area contributed by atoms with Gasteiger partial charge in [-0.25, -0.2) is 0 Å². The largest absolute Gasteiger partial charge is 0.353 e. The van der Waals surface area contributed by atoms with Gasteiger partial charge in [-0.3, -0.25) is 0 Å². The molecule has 0 aliphatic rings. The second kappa shape index (κ2) is 13.9. The Hall–Kier alpha value is 0.474. The Kier molecular flexibility index (Phi) is 15.6. The van der Waals surface area contributed by atoms with Crippen molar-refractivity contribution in [1.82, 2.24) is 0 Å². The predicted octanol–water partition coefficient (Wildman–Crippen LogP) is 3.47. The monoisotopic (exact) mass is 360 g/mol. The molecule has 0 aliphatic carbocycles. The molecule has 0 aliphatic heterocycles. The van der Waals surface area contributed by atoms with Gasteiger partial charge in [0.1, 0.15) is 0 Å². The van der Waals surface area contributed by atoms with Crippen molar-refractivity contribution >= 4 is 0 Å². The molecule has 0 aromatic heterocycles. The Labute approximate surface area is 141 Å². The predicted molar refractivity (Wildman–Crippen MR) is 83.6 cm³/mol. The van der Waals surface area contributed by atoms with E-state index >= 15 is 0 Å². The van der Waals surface area contributed by atoms with E-state index in [0.717, 1.165) is 13.2 Å². The summed E-state index contributed by atoms with van der Waals surface area (Å²) in [5.74, 6) is 0. The van der Waals surface area contributed by atoms with Crippen LogP contribution in [-0.4, -0.2) is 41.5 Å². The molecule has 0 saturated heterocycles. The molecule has 136 valence electrons. The van der Waals surface area contributed by atoms with Gasteiger partial charge in [0.15, 0.2) is 6.29 Å². The summed E-state index contributed by atoms with van der Waals surface area (Å²) in [6.07, 6.45) is -0.294. The molecule has 0 saturated carbocycles. The van der Waals surface area contributed by atoms with E-state index in [9.17, 15) is 3.69 Å². The fourth-order valence-corrected chi connectivity index (χ4v) is 4.55. The maximum absolute atomic E-state index is 10.0. The van der Waals surface area contributed by atoms with Gasteiger partial charge in [-0.05, 0) is 20.8 Å². The van der Waals surface area contributed by atoms with Crippen molar-refractivity contribution < 1.29 is 41.3 Å². The SMILES string of the molecule is CC(C)[O][Ti]([OH])([O]C(C)C)[O]C(C)C.CCOC(C)OCC. The number of ether oxygens (including phenoxy) is 2. The summed E-state index contributed by atoms with van der Waals surface area (Å²) >= 11 is -3.97. The van der Waals surface area contributed by atoms with Gasteiger partial charge in [0.2, 0.25) is 0 Å². The molecule has 0 aromatic carbocycles. The summed E-state index contributed by atoms with van der Waals surface area (Å²) in [4.78, 5) is 0. The molecule has 0 rings (SSSR count). The second-order valence-electron chi connectivity index (χ2n) is 5.50. The van der Waals surface area contributed by atoms with Crippen molar-refractivity contribution in [3.05, 3.63) is 0 Å². The average Bonchev–Trinajstić information content (AvgIpc) is 2.25. The molecule has 0 heterocycles. The normalized spacial score (nSPS) is 12.3. The van der Waals surface area contributed by atoms with Gasteiger partial charge in [0.05, 0.1) is 0 Å². The van der Waals surface area contributed by atoms with E-state index in [0.29, 0.717) is 0 Å². The van der Waals surface area contributed by atoms with Crippen LogP contribution in [0.1, 0.15) is 62.3 Å². The Bertz CT molecular complexity index is 216. The first-order valence-electron chi connectivity index (χ1n) is 8.05. The molecular formula is C15H36O6Ti. The maximum Gasteiger partial charge on any atom is 0.154 e. The molecule has 0 unspecified atom stereocenters. The van der Waals surface area contributed by atoms with E-state index in [1.165, 1.54) is 0 Å². The third-order valence-electron chi connectivity index (χ3n) is 1.96. The maximum atomic E-state index is 10.0. The molecule has 1 N–H and O–H groups in total.